The van der Waals surface area contributed by atoms with Crippen LogP contribution in [0.15, 0.2) is 70.5 Å². The summed E-state index contributed by atoms with van der Waals surface area (Å²) in [5, 5.41) is 3.87. The normalized spacial score (nSPS) is 11.7. The van der Waals surface area contributed by atoms with E-state index < -0.39 is 20.2 Å². The Morgan fingerprint density at radius 3 is 1.04 bits per heavy atom. The third-order valence-corrected chi connectivity index (χ3v) is 10.9. The Hall–Kier alpha value is -1.52. The van der Waals surface area contributed by atoms with Crippen molar-refractivity contribution >= 4 is 79.5 Å². The number of hydrogen-bond donors (Lipinski definition) is 0. The van der Waals surface area contributed by atoms with Crippen molar-refractivity contribution in [3.8, 4) is 0 Å². The van der Waals surface area contributed by atoms with Gasteiger partial charge in [0, 0.05) is 0 Å². The SMILES string of the molecule is CCCCCc1cc2c(CCCCC)cccc2cc1S(=O)(=O)[O-].CCCCCc1cc2c(CCCCC)cccc2cc1S(=O)(=O)[O-].[Ca+2]. The molecule has 49 heavy (non-hydrogen) atoms. The summed E-state index contributed by atoms with van der Waals surface area (Å²) in [6.45, 7) is 8.58. The first kappa shape index (κ1) is 43.6. The van der Waals surface area contributed by atoms with E-state index in [1.165, 1.54) is 36.8 Å². The second-order valence-corrected chi connectivity index (χ2v) is 15.6. The van der Waals surface area contributed by atoms with Crippen LogP contribution in [0.2, 0.25) is 0 Å². The van der Waals surface area contributed by atoms with Crippen LogP contribution in [-0.2, 0) is 45.9 Å². The zero-order valence-corrected chi connectivity index (χ0v) is 33.9. The number of aryl methyl sites for hydroxylation is 4. The molecule has 0 bridgehead atoms. The van der Waals surface area contributed by atoms with Crippen LogP contribution in [0.4, 0.5) is 0 Å². The van der Waals surface area contributed by atoms with Crippen LogP contribution < -0.4 is 0 Å². The molecule has 0 aliphatic heterocycles. The van der Waals surface area contributed by atoms with Crippen LogP contribution >= 0.6 is 0 Å². The third kappa shape index (κ3) is 13.5. The van der Waals surface area contributed by atoms with E-state index >= 15 is 0 Å². The van der Waals surface area contributed by atoms with Gasteiger partial charge in [-0.3, -0.25) is 0 Å². The number of fused-ring (bicyclic) bond motifs is 2. The first-order chi connectivity index (χ1) is 22.9. The maximum Gasteiger partial charge on any atom is 2.00 e. The molecule has 4 aromatic rings. The van der Waals surface area contributed by atoms with Crippen molar-refractivity contribution in [2.75, 3.05) is 0 Å². The first-order valence-electron chi connectivity index (χ1n) is 17.9. The number of unbranched alkanes of at least 4 members (excludes halogenated alkanes) is 8. The molecular formula is C40H54CaO6S2. The van der Waals surface area contributed by atoms with Gasteiger partial charge >= 0.3 is 37.7 Å². The Kier molecular flexibility index (Phi) is 19.4. The summed E-state index contributed by atoms with van der Waals surface area (Å²) in [7, 11) is -8.89. The predicted octanol–water partition coefficient (Wildman–Crippen LogP) is 10.0. The Morgan fingerprint density at radius 1 is 0.449 bits per heavy atom. The molecule has 0 heterocycles. The van der Waals surface area contributed by atoms with Crippen molar-refractivity contribution in [3.63, 3.8) is 0 Å². The van der Waals surface area contributed by atoms with Gasteiger partial charge in [0.05, 0.1) is 9.79 Å². The van der Waals surface area contributed by atoms with Gasteiger partial charge in [0.25, 0.3) is 0 Å². The monoisotopic (exact) mass is 734 g/mol. The largest absolute Gasteiger partial charge is 2.00 e. The minimum atomic E-state index is -4.45. The van der Waals surface area contributed by atoms with E-state index in [4.69, 9.17) is 0 Å². The predicted molar refractivity (Wildman–Crippen MR) is 202 cm³/mol. The van der Waals surface area contributed by atoms with Crippen molar-refractivity contribution in [1.29, 1.82) is 0 Å². The van der Waals surface area contributed by atoms with Gasteiger partial charge in [-0.1, -0.05) is 115 Å². The summed E-state index contributed by atoms with van der Waals surface area (Å²) in [6, 6.07) is 18.9. The molecule has 0 amide bonds. The van der Waals surface area contributed by atoms with E-state index in [1.807, 2.05) is 36.4 Å². The van der Waals surface area contributed by atoms with E-state index in [0.717, 1.165) is 85.8 Å². The maximum absolute atomic E-state index is 11.7. The van der Waals surface area contributed by atoms with Crippen molar-refractivity contribution in [1.82, 2.24) is 0 Å². The van der Waals surface area contributed by atoms with Crippen LogP contribution in [0.5, 0.6) is 0 Å². The van der Waals surface area contributed by atoms with Gasteiger partial charge in [-0.25, -0.2) is 16.8 Å². The van der Waals surface area contributed by atoms with E-state index in [1.54, 1.807) is 12.1 Å². The average Bonchev–Trinajstić information content (AvgIpc) is 3.04. The molecule has 0 saturated heterocycles. The number of rotatable bonds is 18. The minimum Gasteiger partial charge on any atom is -0.744 e. The molecule has 6 nitrogen and oxygen atoms in total. The van der Waals surface area contributed by atoms with Crippen LogP contribution in [0.1, 0.15) is 127 Å². The summed E-state index contributed by atoms with van der Waals surface area (Å²) in [6.07, 6.45) is 16.3. The summed E-state index contributed by atoms with van der Waals surface area (Å²) in [5.41, 5.74) is 3.84. The van der Waals surface area contributed by atoms with Crippen LogP contribution in [-0.4, -0.2) is 63.7 Å². The molecule has 0 aliphatic rings. The minimum absolute atomic E-state index is 0. The fourth-order valence-electron chi connectivity index (χ4n) is 6.38. The smallest absolute Gasteiger partial charge is 0.744 e. The summed E-state index contributed by atoms with van der Waals surface area (Å²) < 4.78 is 70.0. The van der Waals surface area contributed by atoms with Crippen molar-refractivity contribution in [2.24, 2.45) is 0 Å². The van der Waals surface area contributed by atoms with Crippen molar-refractivity contribution in [2.45, 2.75) is 140 Å². The van der Waals surface area contributed by atoms with E-state index in [9.17, 15) is 25.9 Å². The van der Waals surface area contributed by atoms with Crippen LogP contribution in [0.3, 0.4) is 0 Å². The molecular weight excluding hydrogens is 681 g/mol. The van der Waals surface area contributed by atoms with Gasteiger partial charge < -0.3 is 9.11 Å². The molecule has 0 saturated carbocycles. The van der Waals surface area contributed by atoms with Gasteiger partial charge in [0.2, 0.25) is 0 Å². The molecule has 0 atom stereocenters. The Morgan fingerprint density at radius 2 is 0.755 bits per heavy atom. The van der Waals surface area contributed by atoms with Crippen LogP contribution in [0.25, 0.3) is 21.5 Å². The molecule has 0 aliphatic carbocycles. The molecule has 0 N–H and O–H groups in total. The molecule has 9 heteroatoms. The molecule has 0 radical (unpaired) electrons. The van der Waals surface area contributed by atoms with Crippen LogP contribution in [0, 0.1) is 0 Å². The molecule has 0 unspecified atom stereocenters. The Bertz CT molecular complexity index is 1700. The Balaban J connectivity index is 0.000000333. The molecule has 264 valence electrons. The van der Waals surface area contributed by atoms with Crippen molar-refractivity contribution < 1.29 is 25.9 Å². The molecule has 4 aromatic carbocycles. The van der Waals surface area contributed by atoms with Gasteiger partial charge in [0.1, 0.15) is 20.2 Å². The standard InChI is InChI=1S/2C20H28O3S.Ca/c2*1-3-5-7-10-16-12-9-13-17-15-20(24(21,22)23)18(14-19(16)17)11-8-6-4-2;/h2*9,12-15H,3-8,10-11H2,1-2H3,(H,21,22,23);/q;;+2/p-2. The van der Waals surface area contributed by atoms with Gasteiger partial charge in [-0.05, 0) is 119 Å². The molecule has 0 spiro atoms. The van der Waals surface area contributed by atoms with E-state index in [-0.39, 0.29) is 47.5 Å². The zero-order valence-electron chi connectivity index (χ0n) is 30.1. The maximum atomic E-state index is 11.7. The summed E-state index contributed by atoms with van der Waals surface area (Å²) in [5.74, 6) is 0. The molecule has 0 aromatic heterocycles. The van der Waals surface area contributed by atoms with Crippen molar-refractivity contribution in [3.05, 3.63) is 82.9 Å². The van der Waals surface area contributed by atoms with Gasteiger partial charge in [0.15, 0.2) is 0 Å². The second-order valence-electron chi connectivity index (χ2n) is 12.9. The van der Waals surface area contributed by atoms with E-state index in [2.05, 4.69) is 39.8 Å². The van der Waals surface area contributed by atoms with Gasteiger partial charge in [-0.2, -0.15) is 0 Å². The molecule has 0 fully saturated rings. The van der Waals surface area contributed by atoms with E-state index in [0.29, 0.717) is 24.0 Å². The number of hydrogen-bond acceptors (Lipinski definition) is 6. The summed E-state index contributed by atoms with van der Waals surface area (Å²) >= 11 is 0. The fourth-order valence-corrected chi connectivity index (χ4v) is 7.89. The summed E-state index contributed by atoms with van der Waals surface area (Å²) in [4.78, 5) is -0.0892. The first-order valence-corrected chi connectivity index (χ1v) is 20.8. The molecule has 4 rings (SSSR count). The third-order valence-electron chi connectivity index (χ3n) is 9.04. The average molecular weight is 735 g/mol. The second kappa shape index (κ2) is 21.8. The van der Waals surface area contributed by atoms with Gasteiger partial charge in [-0.15, -0.1) is 0 Å². The quantitative estimate of drug-likeness (QED) is 0.0571. The Labute approximate surface area is 326 Å². The fraction of sp³-hybridized carbons (Fsp3) is 0.500. The topological polar surface area (TPSA) is 114 Å². The zero-order chi connectivity index (χ0) is 35.2. The number of benzene rings is 4.